The summed E-state index contributed by atoms with van der Waals surface area (Å²) in [7, 11) is 0. The molecular weight excluding hydrogens is 352 g/mol. The molecule has 1 N–H and O–H groups in total. The van der Waals surface area contributed by atoms with Gasteiger partial charge in [-0.2, -0.15) is 5.10 Å². The largest absolute Gasteiger partial charge is 0.335 e. The van der Waals surface area contributed by atoms with E-state index in [0.29, 0.717) is 6.54 Å². The van der Waals surface area contributed by atoms with Gasteiger partial charge in [0.15, 0.2) is 0 Å². The molecule has 28 heavy (non-hydrogen) atoms. The lowest BCUT2D eigenvalue weighted by atomic mass is 9.90. The average Bonchev–Trinajstić information content (AvgIpc) is 3.23. The monoisotopic (exact) mass is 374 g/mol. The zero-order chi connectivity index (χ0) is 19.5. The third kappa shape index (κ3) is 3.67. The zero-order valence-corrected chi connectivity index (χ0v) is 15.7. The van der Waals surface area contributed by atoms with Gasteiger partial charge in [-0.3, -0.25) is 9.59 Å². The summed E-state index contributed by atoms with van der Waals surface area (Å²) in [6.45, 7) is 2.20. The van der Waals surface area contributed by atoms with Gasteiger partial charge in [0.05, 0.1) is 18.2 Å². The smallest absolute Gasteiger partial charge is 0.226 e. The molecule has 4 rings (SSSR count). The van der Waals surface area contributed by atoms with Crippen LogP contribution in [0.15, 0.2) is 67.0 Å². The lowest BCUT2D eigenvalue weighted by Gasteiger charge is -2.36. The van der Waals surface area contributed by atoms with E-state index in [4.69, 9.17) is 0 Å². The van der Waals surface area contributed by atoms with E-state index in [-0.39, 0.29) is 24.3 Å². The van der Waals surface area contributed by atoms with Crippen molar-refractivity contribution >= 4 is 17.5 Å². The topological polar surface area (TPSA) is 67.2 Å². The minimum absolute atomic E-state index is 0.00382. The maximum Gasteiger partial charge on any atom is 0.226 e. The SMILES string of the molecule is CC(=O)N1CCc2ccccc2C1CC(=O)Nc1ccc(-n2cccn2)cc1. The van der Waals surface area contributed by atoms with Crippen molar-refractivity contribution in [3.8, 4) is 5.69 Å². The van der Waals surface area contributed by atoms with Crippen LogP contribution in [0.2, 0.25) is 0 Å². The number of aromatic nitrogens is 2. The van der Waals surface area contributed by atoms with Crippen LogP contribution in [0.25, 0.3) is 5.69 Å². The van der Waals surface area contributed by atoms with E-state index in [0.717, 1.165) is 23.4 Å². The number of benzene rings is 2. The van der Waals surface area contributed by atoms with Gasteiger partial charge in [-0.25, -0.2) is 4.68 Å². The third-order valence-electron chi connectivity index (χ3n) is 5.12. The quantitative estimate of drug-likeness (QED) is 0.762. The first-order valence-electron chi connectivity index (χ1n) is 9.37. The Kier molecular flexibility index (Phi) is 4.93. The fourth-order valence-electron chi connectivity index (χ4n) is 3.76. The normalized spacial score (nSPS) is 15.8. The zero-order valence-electron chi connectivity index (χ0n) is 15.7. The van der Waals surface area contributed by atoms with Crippen LogP contribution in [-0.4, -0.2) is 33.0 Å². The summed E-state index contributed by atoms with van der Waals surface area (Å²) in [5.74, 6) is -0.115. The highest BCUT2D eigenvalue weighted by molar-refractivity contribution is 5.91. The number of hydrogen-bond acceptors (Lipinski definition) is 3. The molecule has 6 heteroatoms. The predicted octanol–water partition coefficient (Wildman–Crippen LogP) is 3.35. The number of fused-ring (bicyclic) bond motifs is 1. The first kappa shape index (κ1) is 18.0. The van der Waals surface area contributed by atoms with Crippen molar-refractivity contribution < 1.29 is 9.59 Å². The Balaban J connectivity index is 1.48. The Morgan fingerprint density at radius 2 is 1.89 bits per heavy atom. The number of carbonyl (C=O) groups excluding carboxylic acids is 2. The molecule has 3 aromatic rings. The van der Waals surface area contributed by atoms with E-state index in [2.05, 4.69) is 16.5 Å². The van der Waals surface area contributed by atoms with E-state index in [1.165, 1.54) is 5.56 Å². The van der Waals surface area contributed by atoms with Gasteiger partial charge in [-0.15, -0.1) is 0 Å². The third-order valence-corrected chi connectivity index (χ3v) is 5.12. The Morgan fingerprint density at radius 3 is 2.61 bits per heavy atom. The van der Waals surface area contributed by atoms with Crippen LogP contribution in [0.4, 0.5) is 5.69 Å². The van der Waals surface area contributed by atoms with Crippen molar-refractivity contribution in [2.45, 2.75) is 25.8 Å². The van der Waals surface area contributed by atoms with Crippen LogP contribution in [0.1, 0.15) is 30.5 Å². The molecule has 0 spiro atoms. The standard InChI is InChI=1S/C22H22N4O2/c1-16(27)25-14-11-17-5-2-3-6-20(17)21(25)15-22(28)24-18-7-9-19(10-8-18)26-13-4-12-23-26/h2-10,12-13,21H,11,14-15H2,1H3,(H,24,28). The van der Waals surface area contributed by atoms with Crippen molar-refractivity contribution in [3.63, 3.8) is 0 Å². The summed E-state index contributed by atoms with van der Waals surface area (Å²) >= 11 is 0. The lowest BCUT2D eigenvalue weighted by Crippen LogP contribution is -2.40. The number of rotatable bonds is 4. The molecule has 0 bridgehead atoms. The molecule has 142 valence electrons. The maximum absolute atomic E-state index is 12.7. The van der Waals surface area contributed by atoms with Crippen molar-refractivity contribution in [1.29, 1.82) is 0 Å². The van der Waals surface area contributed by atoms with Crippen LogP contribution < -0.4 is 5.32 Å². The van der Waals surface area contributed by atoms with E-state index < -0.39 is 0 Å². The number of anilines is 1. The first-order valence-corrected chi connectivity index (χ1v) is 9.37. The molecule has 1 aromatic heterocycles. The van der Waals surface area contributed by atoms with E-state index in [1.54, 1.807) is 22.7 Å². The highest BCUT2D eigenvalue weighted by atomic mass is 16.2. The summed E-state index contributed by atoms with van der Waals surface area (Å²) in [5, 5.41) is 7.14. The van der Waals surface area contributed by atoms with Gasteiger partial charge in [0.1, 0.15) is 0 Å². The highest BCUT2D eigenvalue weighted by Gasteiger charge is 2.30. The molecule has 0 saturated heterocycles. The van der Waals surface area contributed by atoms with Crippen molar-refractivity contribution in [1.82, 2.24) is 14.7 Å². The van der Waals surface area contributed by atoms with Crippen molar-refractivity contribution in [2.24, 2.45) is 0 Å². The van der Waals surface area contributed by atoms with E-state index in [1.807, 2.05) is 54.7 Å². The van der Waals surface area contributed by atoms with Gasteiger partial charge in [0.2, 0.25) is 11.8 Å². The molecule has 0 fully saturated rings. The van der Waals surface area contributed by atoms with Gasteiger partial charge < -0.3 is 10.2 Å². The van der Waals surface area contributed by atoms with Crippen LogP contribution in [-0.2, 0) is 16.0 Å². The van der Waals surface area contributed by atoms with Gasteiger partial charge in [-0.05, 0) is 47.9 Å². The molecule has 0 radical (unpaired) electrons. The fourth-order valence-corrected chi connectivity index (χ4v) is 3.76. The molecule has 6 nitrogen and oxygen atoms in total. The van der Waals surface area contributed by atoms with Crippen LogP contribution in [0.3, 0.4) is 0 Å². The molecule has 2 heterocycles. The number of nitrogens with zero attached hydrogens (tertiary/aromatic N) is 3. The van der Waals surface area contributed by atoms with Gasteiger partial charge in [-0.1, -0.05) is 24.3 Å². The van der Waals surface area contributed by atoms with Crippen LogP contribution in [0.5, 0.6) is 0 Å². The number of nitrogens with one attached hydrogen (secondary N) is 1. The summed E-state index contributed by atoms with van der Waals surface area (Å²) in [5.41, 5.74) is 3.92. The summed E-state index contributed by atoms with van der Waals surface area (Å²) in [6, 6.07) is 17.2. The Morgan fingerprint density at radius 1 is 1.11 bits per heavy atom. The summed E-state index contributed by atoms with van der Waals surface area (Å²) in [4.78, 5) is 26.6. The van der Waals surface area contributed by atoms with Gasteiger partial charge >= 0.3 is 0 Å². The predicted molar refractivity (Wildman–Crippen MR) is 107 cm³/mol. The summed E-state index contributed by atoms with van der Waals surface area (Å²) in [6.07, 6.45) is 4.64. The Bertz CT molecular complexity index is 980. The minimum atomic E-state index is -0.231. The van der Waals surface area contributed by atoms with Crippen LogP contribution >= 0.6 is 0 Å². The number of amides is 2. The molecule has 0 saturated carbocycles. The Labute approximate surface area is 163 Å². The molecule has 1 aliphatic heterocycles. The second kappa shape index (κ2) is 7.68. The molecule has 0 aliphatic carbocycles. The van der Waals surface area contributed by atoms with Crippen LogP contribution in [0, 0.1) is 0 Å². The fraction of sp³-hybridized carbons (Fsp3) is 0.227. The molecule has 2 amide bonds. The molecular formula is C22H22N4O2. The summed E-state index contributed by atoms with van der Waals surface area (Å²) < 4.78 is 1.76. The number of carbonyl (C=O) groups is 2. The molecule has 1 aliphatic rings. The molecule has 2 aromatic carbocycles. The second-order valence-corrected chi connectivity index (χ2v) is 6.93. The lowest BCUT2D eigenvalue weighted by molar-refractivity contribution is -0.132. The van der Waals surface area contributed by atoms with E-state index in [9.17, 15) is 9.59 Å². The number of hydrogen-bond donors (Lipinski definition) is 1. The average molecular weight is 374 g/mol. The highest BCUT2D eigenvalue weighted by Crippen LogP contribution is 2.32. The second-order valence-electron chi connectivity index (χ2n) is 6.93. The molecule has 1 atom stereocenters. The Hall–Kier alpha value is -3.41. The van der Waals surface area contributed by atoms with Gasteiger partial charge in [0.25, 0.3) is 0 Å². The van der Waals surface area contributed by atoms with Gasteiger partial charge in [0, 0.05) is 31.5 Å². The molecule has 1 unspecified atom stereocenters. The van der Waals surface area contributed by atoms with Crippen molar-refractivity contribution in [3.05, 3.63) is 78.1 Å². The van der Waals surface area contributed by atoms with Crippen molar-refractivity contribution in [2.75, 3.05) is 11.9 Å². The van der Waals surface area contributed by atoms with E-state index >= 15 is 0 Å². The maximum atomic E-state index is 12.7. The first-order chi connectivity index (χ1) is 13.6. The minimum Gasteiger partial charge on any atom is -0.335 e.